The van der Waals surface area contributed by atoms with Crippen molar-refractivity contribution in [2.45, 2.75) is 19.4 Å². The summed E-state index contributed by atoms with van der Waals surface area (Å²) in [5.41, 5.74) is 10.5. The third-order valence-corrected chi connectivity index (χ3v) is 5.67. The molecule has 4 nitrogen and oxygen atoms in total. The molecule has 0 spiro atoms. The molecule has 4 rings (SSSR count). The lowest BCUT2D eigenvalue weighted by molar-refractivity contribution is 0.756. The average molecular weight is 446 g/mol. The first kappa shape index (κ1) is 18.5. The molecule has 1 aliphatic heterocycles. The number of aromatic nitrogens is 1. The van der Waals surface area contributed by atoms with E-state index in [4.69, 9.17) is 22.3 Å². The largest absolute Gasteiger partial charge is 0.383 e. The number of pyridine rings is 1. The summed E-state index contributed by atoms with van der Waals surface area (Å²) in [5.74, 6) is 0.986. The fraction of sp³-hybridized carbons (Fsp3) is 0.286. The van der Waals surface area contributed by atoms with E-state index < -0.39 is 0 Å². The fourth-order valence-corrected chi connectivity index (χ4v) is 4.20. The molecule has 1 aromatic heterocycles. The minimum absolute atomic E-state index is 0.575. The van der Waals surface area contributed by atoms with Gasteiger partial charge in [-0.2, -0.15) is 0 Å². The Balaban J connectivity index is 1.74. The highest BCUT2D eigenvalue weighted by Gasteiger charge is 2.18. The van der Waals surface area contributed by atoms with Crippen molar-refractivity contribution in [2.75, 3.05) is 29.9 Å². The van der Waals surface area contributed by atoms with Gasteiger partial charge in [-0.3, -0.25) is 0 Å². The van der Waals surface area contributed by atoms with Crippen LogP contribution in [0.25, 0.3) is 10.9 Å². The van der Waals surface area contributed by atoms with Crippen LogP contribution in [0.2, 0.25) is 5.02 Å². The van der Waals surface area contributed by atoms with Gasteiger partial charge in [0.05, 0.1) is 5.52 Å². The van der Waals surface area contributed by atoms with Crippen molar-refractivity contribution in [1.82, 2.24) is 4.98 Å². The van der Waals surface area contributed by atoms with Crippen LogP contribution in [-0.4, -0.2) is 24.6 Å². The lowest BCUT2D eigenvalue weighted by atomic mass is 10.0. The topological polar surface area (TPSA) is 54.2 Å². The van der Waals surface area contributed by atoms with Crippen molar-refractivity contribution >= 4 is 49.9 Å². The van der Waals surface area contributed by atoms with Gasteiger partial charge in [0.1, 0.15) is 5.82 Å². The van der Waals surface area contributed by atoms with Crippen LogP contribution in [0.15, 0.2) is 46.9 Å². The molecule has 0 atom stereocenters. The summed E-state index contributed by atoms with van der Waals surface area (Å²) in [5, 5.41) is 5.17. The molecule has 0 bridgehead atoms. The molecule has 3 N–H and O–H groups in total. The first-order valence-corrected chi connectivity index (χ1v) is 10.4. The zero-order valence-corrected chi connectivity index (χ0v) is 17.4. The van der Waals surface area contributed by atoms with E-state index in [1.54, 1.807) is 0 Å². The minimum atomic E-state index is 0.575. The molecule has 6 heteroatoms. The lowest BCUT2D eigenvalue weighted by Crippen LogP contribution is -2.24. The molecule has 0 fully saturated rings. The first-order chi connectivity index (χ1) is 13.1. The number of anilines is 2. The van der Waals surface area contributed by atoms with Gasteiger partial charge in [-0.05, 0) is 54.3 Å². The smallest absolute Gasteiger partial charge is 0.131 e. The van der Waals surface area contributed by atoms with Crippen LogP contribution in [0.1, 0.15) is 17.5 Å². The van der Waals surface area contributed by atoms with Crippen molar-refractivity contribution in [3.05, 3.63) is 63.1 Å². The molecule has 140 valence electrons. The number of halogens is 2. The number of nitrogens with two attached hydrogens (primary N) is 1. The maximum absolute atomic E-state index is 6.21. The Bertz CT molecular complexity index is 976. The molecule has 1 aliphatic rings. The number of fused-ring (bicyclic) bond motifs is 2. The van der Waals surface area contributed by atoms with Gasteiger partial charge in [-0.1, -0.05) is 33.6 Å². The molecular formula is C21H22BrClN4. The predicted molar refractivity (Wildman–Crippen MR) is 118 cm³/mol. The standard InChI is InChI=1S/C21H22BrClN4/c22-16-4-3-15-13-27(9-1-2-14(15)10-16)21-12-20(25-8-7-24)18-11-17(23)5-6-19(18)26-21/h3-6,10-12H,1-2,7-9,13,24H2,(H,25,26). The molecule has 0 amide bonds. The van der Waals surface area contributed by atoms with Gasteiger partial charge in [0.2, 0.25) is 0 Å². The first-order valence-electron chi connectivity index (χ1n) is 9.20. The van der Waals surface area contributed by atoms with E-state index in [2.05, 4.69) is 50.4 Å². The van der Waals surface area contributed by atoms with Gasteiger partial charge >= 0.3 is 0 Å². The van der Waals surface area contributed by atoms with Crippen LogP contribution in [0.4, 0.5) is 11.5 Å². The van der Waals surface area contributed by atoms with Crippen LogP contribution in [0, 0.1) is 0 Å². The Hall–Kier alpha value is -1.82. The molecule has 3 aromatic rings. The third kappa shape index (κ3) is 4.05. The normalized spacial score (nSPS) is 14.1. The molecule has 0 unspecified atom stereocenters. The number of aryl methyl sites for hydroxylation is 1. The molecule has 0 saturated heterocycles. The van der Waals surface area contributed by atoms with Gasteiger partial charge in [-0.15, -0.1) is 0 Å². The van der Waals surface area contributed by atoms with Gasteiger partial charge in [0.25, 0.3) is 0 Å². The summed E-state index contributed by atoms with van der Waals surface area (Å²) < 4.78 is 1.14. The molecule has 0 saturated carbocycles. The lowest BCUT2D eigenvalue weighted by Gasteiger charge is -2.24. The number of hydrogen-bond acceptors (Lipinski definition) is 4. The zero-order valence-electron chi connectivity index (χ0n) is 15.0. The Morgan fingerprint density at radius 2 is 2.04 bits per heavy atom. The zero-order chi connectivity index (χ0) is 18.8. The number of hydrogen-bond donors (Lipinski definition) is 2. The molecule has 27 heavy (non-hydrogen) atoms. The monoisotopic (exact) mass is 444 g/mol. The van der Waals surface area contributed by atoms with Crippen molar-refractivity contribution in [3.8, 4) is 0 Å². The van der Waals surface area contributed by atoms with Crippen molar-refractivity contribution in [3.63, 3.8) is 0 Å². The molecule has 2 aromatic carbocycles. The maximum Gasteiger partial charge on any atom is 0.131 e. The molecule has 0 radical (unpaired) electrons. The summed E-state index contributed by atoms with van der Waals surface area (Å²) in [7, 11) is 0. The second kappa shape index (κ2) is 8.05. The van der Waals surface area contributed by atoms with E-state index in [9.17, 15) is 0 Å². The van der Waals surface area contributed by atoms with Gasteiger partial charge in [0, 0.05) is 52.8 Å². The van der Waals surface area contributed by atoms with Crippen molar-refractivity contribution in [2.24, 2.45) is 5.73 Å². The summed E-state index contributed by atoms with van der Waals surface area (Å²) in [4.78, 5) is 7.29. The number of benzene rings is 2. The van der Waals surface area contributed by atoms with E-state index in [-0.39, 0.29) is 0 Å². The molecular weight excluding hydrogens is 424 g/mol. The van der Waals surface area contributed by atoms with E-state index in [0.29, 0.717) is 18.1 Å². The van der Waals surface area contributed by atoms with Crippen LogP contribution >= 0.6 is 27.5 Å². The number of rotatable bonds is 4. The van der Waals surface area contributed by atoms with Gasteiger partial charge < -0.3 is 16.0 Å². The number of nitrogens with one attached hydrogen (secondary N) is 1. The second-order valence-electron chi connectivity index (χ2n) is 6.84. The van der Waals surface area contributed by atoms with Crippen molar-refractivity contribution in [1.29, 1.82) is 0 Å². The highest BCUT2D eigenvalue weighted by atomic mass is 79.9. The summed E-state index contributed by atoms with van der Waals surface area (Å²) >= 11 is 9.80. The Kier molecular flexibility index (Phi) is 5.53. The predicted octanol–water partition coefficient (Wildman–Crippen LogP) is 4.97. The van der Waals surface area contributed by atoms with Crippen molar-refractivity contribution < 1.29 is 0 Å². The fourth-order valence-electron chi connectivity index (χ4n) is 3.62. The van der Waals surface area contributed by atoms with E-state index in [1.165, 1.54) is 11.1 Å². The summed E-state index contributed by atoms with van der Waals surface area (Å²) in [6, 6.07) is 14.5. The summed E-state index contributed by atoms with van der Waals surface area (Å²) in [6.07, 6.45) is 2.20. The van der Waals surface area contributed by atoms with Gasteiger partial charge in [-0.25, -0.2) is 4.98 Å². The third-order valence-electron chi connectivity index (χ3n) is 4.94. The Labute approximate surface area is 172 Å². The molecule has 0 aliphatic carbocycles. The van der Waals surface area contributed by atoms with Crippen LogP contribution in [0.5, 0.6) is 0 Å². The van der Waals surface area contributed by atoms with E-state index in [0.717, 1.165) is 52.8 Å². The number of nitrogens with zero attached hydrogens (tertiary/aromatic N) is 2. The minimum Gasteiger partial charge on any atom is -0.383 e. The van der Waals surface area contributed by atoms with Gasteiger partial charge in [0.15, 0.2) is 0 Å². The van der Waals surface area contributed by atoms with Crippen LogP contribution in [-0.2, 0) is 13.0 Å². The molecule has 2 heterocycles. The van der Waals surface area contributed by atoms with E-state index in [1.807, 2.05) is 18.2 Å². The maximum atomic E-state index is 6.21. The van der Waals surface area contributed by atoms with Crippen LogP contribution < -0.4 is 16.0 Å². The quantitative estimate of drug-likeness (QED) is 0.595. The second-order valence-corrected chi connectivity index (χ2v) is 8.20. The van der Waals surface area contributed by atoms with Crippen LogP contribution in [0.3, 0.4) is 0 Å². The average Bonchev–Trinajstić information content (AvgIpc) is 2.88. The Morgan fingerprint density at radius 3 is 2.89 bits per heavy atom. The summed E-state index contributed by atoms with van der Waals surface area (Å²) in [6.45, 7) is 3.13. The highest BCUT2D eigenvalue weighted by Crippen LogP contribution is 2.31. The highest BCUT2D eigenvalue weighted by molar-refractivity contribution is 9.10. The van der Waals surface area contributed by atoms with E-state index >= 15 is 0 Å². The Morgan fingerprint density at radius 1 is 1.15 bits per heavy atom. The SMILES string of the molecule is NCCNc1cc(N2CCCc3cc(Br)ccc3C2)nc2ccc(Cl)cc12.